The number of hydrogen-bond donors (Lipinski definition) is 1. The van der Waals surface area contributed by atoms with Gasteiger partial charge in [-0.1, -0.05) is 34.8 Å². The van der Waals surface area contributed by atoms with Gasteiger partial charge in [0.05, 0.1) is 15.1 Å². The highest BCUT2D eigenvalue weighted by molar-refractivity contribution is 8.14. The molecule has 0 unspecified atom stereocenters. The number of thioether (sulfide) groups is 1. The monoisotopic (exact) mass is 332 g/mol. The minimum Gasteiger partial charge on any atom is -0.508 e. The maximum Gasteiger partial charge on any atom is 0.224 e. The molecule has 0 aliphatic heterocycles. The average molecular weight is 334 g/mol. The van der Waals surface area contributed by atoms with E-state index in [1.807, 2.05) is 0 Å². The summed E-state index contributed by atoms with van der Waals surface area (Å²) in [5, 5.41) is 10.0. The van der Waals surface area contributed by atoms with Crippen molar-refractivity contribution in [3.63, 3.8) is 0 Å². The van der Waals surface area contributed by atoms with E-state index in [4.69, 9.17) is 39.9 Å². The van der Waals surface area contributed by atoms with E-state index >= 15 is 0 Å². The number of rotatable bonds is 2. The van der Waals surface area contributed by atoms with Crippen LogP contribution >= 0.6 is 46.6 Å². The van der Waals surface area contributed by atoms with Gasteiger partial charge in [-0.2, -0.15) is 0 Å². The summed E-state index contributed by atoms with van der Waals surface area (Å²) in [5.74, 6) is 0.106. The standard InChI is InChI=1S/C13H7Cl3O2S/c14-9-5-11(16)12(6-10(9)15)19-13(18)7-1-3-8(17)4-2-7/h1-6,17H. The molecule has 0 bridgehead atoms. The topological polar surface area (TPSA) is 37.3 Å². The van der Waals surface area contributed by atoms with Crippen LogP contribution in [0.2, 0.25) is 15.1 Å². The molecule has 19 heavy (non-hydrogen) atoms. The van der Waals surface area contributed by atoms with Gasteiger partial charge in [0.1, 0.15) is 5.75 Å². The molecule has 98 valence electrons. The molecule has 0 heterocycles. The highest BCUT2D eigenvalue weighted by atomic mass is 35.5. The SMILES string of the molecule is O=C(Sc1cc(Cl)c(Cl)cc1Cl)c1ccc(O)cc1. The van der Waals surface area contributed by atoms with Crippen LogP contribution in [0.3, 0.4) is 0 Å². The fourth-order valence-corrected chi connectivity index (χ4v) is 2.85. The highest BCUT2D eigenvalue weighted by Crippen LogP contribution is 2.36. The molecule has 0 aliphatic rings. The summed E-state index contributed by atoms with van der Waals surface area (Å²) < 4.78 is 0. The Morgan fingerprint density at radius 1 is 0.947 bits per heavy atom. The number of carbonyl (C=O) groups excluding carboxylic acids is 1. The fourth-order valence-electron chi connectivity index (χ4n) is 1.34. The van der Waals surface area contributed by atoms with Crippen molar-refractivity contribution in [3.8, 4) is 5.75 Å². The van der Waals surface area contributed by atoms with Gasteiger partial charge >= 0.3 is 0 Å². The second-order valence-corrected chi connectivity index (χ2v) is 5.87. The molecule has 0 amide bonds. The summed E-state index contributed by atoms with van der Waals surface area (Å²) in [6, 6.07) is 9.02. The third-order valence-electron chi connectivity index (χ3n) is 2.28. The Labute approximate surface area is 129 Å². The lowest BCUT2D eigenvalue weighted by atomic mass is 10.2. The molecule has 0 radical (unpaired) electrons. The van der Waals surface area contributed by atoms with Crippen LogP contribution in [0.15, 0.2) is 41.3 Å². The van der Waals surface area contributed by atoms with Crippen LogP contribution in [0.4, 0.5) is 0 Å². The number of halogens is 3. The number of carbonyl (C=O) groups is 1. The molecular weight excluding hydrogens is 327 g/mol. The summed E-state index contributed by atoms with van der Waals surface area (Å²) in [6.45, 7) is 0. The van der Waals surface area contributed by atoms with Gasteiger partial charge in [0.25, 0.3) is 0 Å². The zero-order valence-corrected chi connectivity index (χ0v) is 12.4. The van der Waals surface area contributed by atoms with Crippen molar-refractivity contribution in [1.82, 2.24) is 0 Å². The van der Waals surface area contributed by atoms with Gasteiger partial charge in [0, 0.05) is 10.5 Å². The summed E-state index contributed by atoms with van der Waals surface area (Å²) in [5.41, 5.74) is 0.463. The predicted octanol–water partition coefficient (Wildman–Crippen LogP) is 5.28. The number of phenols is 1. The van der Waals surface area contributed by atoms with Crippen LogP contribution in [0.1, 0.15) is 10.4 Å². The molecule has 0 saturated heterocycles. The zero-order chi connectivity index (χ0) is 14.0. The van der Waals surface area contributed by atoms with Gasteiger partial charge in [-0.05, 0) is 48.2 Å². The molecule has 2 aromatic rings. The quantitative estimate of drug-likeness (QED) is 0.599. The maximum absolute atomic E-state index is 12.0. The Bertz CT molecular complexity index is 627. The second kappa shape index (κ2) is 6.06. The molecule has 0 saturated carbocycles. The molecule has 2 aromatic carbocycles. The largest absolute Gasteiger partial charge is 0.508 e. The Kier molecular flexibility index (Phi) is 4.63. The smallest absolute Gasteiger partial charge is 0.224 e. The third-order valence-corrected chi connectivity index (χ3v) is 4.41. The van der Waals surface area contributed by atoms with Crippen molar-refractivity contribution in [3.05, 3.63) is 57.0 Å². The molecule has 0 spiro atoms. The summed E-state index contributed by atoms with van der Waals surface area (Å²) in [4.78, 5) is 12.6. The Morgan fingerprint density at radius 3 is 2.16 bits per heavy atom. The first-order valence-electron chi connectivity index (χ1n) is 5.13. The minimum atomic E-state index is -0.194. The Morgan fingerprint density at radius 2 is 1.53 bits per heavy atom. The van der Waals surface area contributed by atoms with Crippen molar-refractivity contribution in [2.45, 2.75) is 4.90 Å². The molecule has 0 aliphatic carbocycles. The zero-order valence-electron chi connectivity index (χ0n) is 9.36. The molecule has 6 heteroatoms. The lowest BCUT2D eigenvalue weighted by Crippen LogP contribution is -1.93. The van der Waals surface area contributed by atoms with Crippen LogP contribution in [0.5, 0.6) is 5.75 Å². The number of benzene rings is 2. The third kappa shape index (κ3) is 3.57. The van der Waals surface area contributed by atoms with E-state index < -0.39 is 0 Å². The molecule has 2 rings (SSSR count). The number of phenolic OH excluding ortho intramolecular Hbond substituents is 1. The van der Waals surface area contributed by atoms with Crippen LogP contribution in [-0.2, 0) is 0 Å². The van der Waals surface area contributed by atoms with E-state index in [1.54, 1.807) is 6.07 Å². The lowest BCUT2D eigenvalue weighted by Gasteiger charge is -2.05. The van der Waals surface area contributed by atoms with Crippen molar-refractivity contribution < 1.29 is 9.90 Å². The van der Waals surface area contributed by atoms with E-state index in [2.05, 4.69) is 0 Å². The molecule has 0 aromatic heterocycles. The molecule has 0 atom stereocenters. The van der Waals surface area contributed by atoms with Gasteiger partial charge in [0.2, 0.25) is 5.12 Å². The van der Waals surface area contributed by atoms with Gasteiger partial charge in [0.15, 0.2) is 0 Å². The van der Waals surface area contributed by atoms with E-state index in [-0.39, 0.29) is 10.9 Å². The Hall–Kier alpha value is -0.870. The number of aromatic hydroxyl groups is 1. The van der Waals surface area contributed by atoms with Crippen LogP contribution in [0, 0.1) is 0 Å². The summed E-state index contributed by atoms with van der Waals surface area (Å²) in [6.07, 6.45) is 0. The first-order chi connectivity index (χ1) is 8.97. The molecule has 2 nitrogen and oxygen atoms in total. The highest BCUT2D eigenvalue weighted by Gasteiger charge is 2.13. The van der Waals surface area contributed by atoms with Gasteiger partial charge < -0.3 is 5.11 Å². The van der Waals surface area contributed by atoms with E-state index in [0.717, 1.165) is 11.8 Å². The minimum absolute atomic E-state index is 0.106. The van der Waals surface area contributed by atoms with Gasteiger partial charge in [-0.25, -0.2) is 0 Å². The van der Waals surface area contributed by atoms with Crippen LogP contribution < -0.4 is 0 Å². The van der Waals surface area contributed by atoms with Crippen LogP contribution in [-0.4, -0.2) is 10.2 Å². The van der Waals surface area contributed by atoms with E-state index in [0.29, 0.717) is 25.5 Å². The lowest BCUT2D eigenvalue weighted by molar-refractivity contribution is 0.108. The summed E-state index contributed by atoms with van der Waals surface area (Å²) in [7, 11) is 0. The second-order valence-electron chi connectivity index (χ2n) is 3.63. The molecule has 0 fully saturated rings. The van der Waals surface area contributed by atoms with E-state index in [1.165, 1.54) is 30.3 Å². The van der Waals surface area contributed by atoms with Gasteiger partial charge in [-0.3, -0.25) is 4.79 Å². The predicted molar refractivity (Wildman–Crippen MR) is 79.8 cm³/mol. The number of hydrogen-bond acceptors (Lipinski definition) is 3. The van der Waals surface area contributed by atoms with Crippen molar-refractivity contribution in [2.24, 2.45) is 0 Å². The molecule has 1 N–H and O–H groups in total. The van der Waals surface area contributed by atoms with Crippen LogP contribution in [0.25, 0.3) is 0 Å². The fraction of sp³-hybridized carbons (Fsp3) is 0. The first-order valence-corrected chi connectivity index (χ1v) is 7.08. The van der Waals surface area contributed by atoms with Gasteiger partial charge in [-0.15, -0.1) is 0 Å². The average Bonchev–Trinajstić information content (AvgIpc) is 2.36. The maximum atomic E-state index is 12.0. The first kappa shape index (κ1) is 14.5. The van der Waals surface area contributed by atoms with E-state index in [9.17, 15) is 4.79 Å². The normalized spacial score (nSPS) is 10.5. The molecular formula is C13H7Cl3O2S. The Balaban J connectivity index is 2.24. The van der Waals surface area contributed by atoms with Crippen molar-refractivity contribution in [1.29, 1.82) is 0 Å². The van der Waals surface area contributed by atoms with Crippen molar-refractivity contribution in [2.75, 3.05) is 0 Å². The van der Waals surface area contributed by atoms with Crippen molar-refractivity contribution >= 4 is 51.7 Å². The summed E-state index contributed by atoms with van der Waals surface area (Å²) >= 11 is 18.7.